The zero-order chi connectivity index (χ0) is 19.8. The van der Waals surface area contributed by atoms with E-state index < -0.39 is 0 Å². The van der Waals surface area contributed by atoms with Crippen molar-refractivity contribution in [2.24, 2.45) is 0 Å². The summed E-state index contributed by atoms with van der Waals surface area (Å²) in [6.07, 6.45) is 0.135. The fraction of sp³-hybridized carbons (Fsp3) is 0.250. The van der Waals surface area contributed by atoms with Gasteiger partial charge >= 0.3 is 0 Å². The molecule has 0 radical (unpaired) electrons. The van der Waals surface area contributed by atoms with Gasteiger partial charge < -0.3 is 20.3 Å². The molecule has 0 spiro atoms. The van der Waals surface area contributed by atoms with Gasteiger partial charge in [-0.3, -0.25) is 14.4 Å². The van der Waals surface area contributed by atoms with Crippen molar-refractivity contribution in [3.63, 3.8) is 0 Å². The topological polar surface area (TPSA) is 87.7 Å². The highest BCUT2D eigenvalue weighted by Crippen LogP contribution is 2.20. The van der Waals surface area contributed by atoms with Crippen LogP contribution in [0.1, 0.15) is 20.3 Å². The summed E-state index contributed by atoms with van der Waals surface area (Å²) < 4.78 is 5.11. The lowest BCUT2D eigenvalue weighted by molar-refractivity contribution is -0.117. The number of hydrogen-bond donors (Lipinski definition) is 2. The lowest BCUT2D eigenvalue weighted by Gasteiger charge is -2.21. The van der Waals surface area contributed by atoms with E-state index in [1.807, 2.05) is 0 Å². The summed E-state index contributed by atoms with van der Waals surface area (Å²) in [5.41, 5.74) is 1.87. The summed E-state index contributed by atoms with van der Waals surface area (Å²) >= 11 is 0. The molecule has 142 valence electrons. The van der Waals surface area contributed by atoms with Crippen LogP contribution in [0.25, 0.3) is 0 Å². The van der Waals surface area contributed by atoms with Gasteiger partial charge in [0.2, 0.25) is 17.7 Å². The molecule has 27 heavy (non-hydrogen) atoms. The van der Waals surface area contributed by atoms with E-state index in [1.165, 1.54) is 18.7 Å². The Kier molecular flexibility index (Phi) is 6.93. The van der Waals surface area contributed by atoms with Gasteiger partial charge in [0.1, 0.15) is 5.75 Å². The van der Waals surface area contributed by atoms with Crippen molar-refractivity contribution in [1.82, 2.24) is 0 Å². The number of anilines is 3. The number of amides is 3. The molecule has 0 bridgehead atoms. The van der Waals surface area contributed by atoms with Crippen LogP contribution in [-0.2, 0) is 14.4 Å². The number of nitrogens with one attached hydrogen (secondary N) is 2. The first-order valence-corrected chi connectivity index (χ1v) is 8.48. The Labute approximate surface area is 158 Å². The van der Waals surface area contributed by atoms with Crippen molar-refractivity contribution in [2.75, 3.05) is 29.2 Å². The normalized spacial score (nSPS) is 10.0. The van der Waals surface area contributed by atoms with E-state index in [4.69, 9.17) is 4.74 Å². The molecule has 0 atom stereocenters. The number of carbonyl (C=O) groups excluding carboxylic acids is 3. The van der Waals surface area contributed by atoms with Gasteiger partial charge in [0, 0.05) is 43.9 Å². The van der Waals surface area contributed by atoms with E-state index in [0.29, 0.717) is 22.8 Å². The molecular weight excluding hydrogens is 346 g/mol. The zero-order valence-corrected chi connectivity index (χ0v) is 15.6. The Bertz CT molecular complexity index is 818. The quantitative estimate of drug-likeness (QED) is 0.785. The summed E-state index contributed by atoms with van der Waals surface area (Å²) in [6, 6.07) is 13.9. The minimum absolute atomic E-state index is 0.135. The molecule has 2 N–H and O–H groups in total. The van der Waals surface area contributed by atoms with E-state index in [-0.39, 0.29) is 30.7 Å². The first-order chi connectivity index (χ1) is 12.9. The fourth-order valence-corrected chi connectivity index (χ4v) is 2.55. The van der Waals surface area contributed by atoms with Crippen LogP contribution in [0, 0.1) is 0 Å². The van der Waals surface area contributed by atoms with E-state index in [2.05, 4.69) is 10.6 Å². The first kappa shape index (κ1) is 20.0. The minimum atomic E-state index is -0.227. The maximum absolute atomic E-state index is 12.2. The van der Waals surface area contributed by atoms with Crippen LogP contribution in [0.3, 0.4) is 0 Å². The lowest BCUT2D eigenvalue weighted by Crippen LogP contribution is -2.31. The van der Waals surface area contributed by atoms with Gasteiger partial charge in [0.15, 0.2) is 0 Å². The number of hydrogen-bond acceptors (Lipinski definition) is 4. The number of carbonyl (C=O) groups is 3. The van der Waals surface area contributed by atoms with Crippen molar-refractivity contribution in [2.45, 2.75) is 20.3 Å². The number of benzene rings is 2. The van der Waals surface area contributed by atoms with Crippen LogP contribution in [0.2, 0.25) is 0 Å². The van der Waals surface area contributed by atoms with Crippen LogP contribution in [0.4, 0.5) is 17.1 Å². The summed E-state index contributed by atoms with van der Waals surface area (Å²) in [6.45, 7) is 3.12. The third-order valence-corrected chi connectivity index (χ3v) is 3.79. The lowest BCUT2D eigenvalue weighted by atomic mass is 10.2. The highest BCUT2D eigenvalue weighted by molar-refractivity contribution is 5.95. The molecule has 0 aromatic heterocycles. The molecule has 2 aromatic carbocycles. The monoisotopic (exact) mass is 369 g/mol. The van der Waals surface area contributed by atoms with Crippen LogP contribution in [0.15, 0.2) is 48.5 Å². The maximum atomic E-state index is 12.2. The van der Waals surface area contributed by atoms with E-state index in [9.17, 15) is 14.4 Å². The average Bonchev–Trinajstić information content (AvgIpc) is 2.62. The third kappa shape index (κ3) is 6.14. The highest BCUT2D eigenvalue weighted by atomic mass is 16.5. The average molecular weight is 369 g/mol. The standard InChI is InChI=1S/C20H23N3O4/c1-14(24)21-16-5-4-6-17(13-16)22-20(26)11-12-23(15(2)25)18-7-9-19(27-3)10-8-18/h4-10,13H,11-12H2,1-3H3,(H,21,24)(H,22,26). The molecule has 0 aliphatic rings. The Hall–Kier alpha value is -3.35. The van der Waals surface area contributed by atoms with Crippen LogP contribution < -0.4 is 20.3 Å². The summed E-state index contributed by atoms with van der Waals surface area (Å²) in [5.74, 6) is 0.129. The second kappa shape index (κ2) is 9.38. The highest BCUT2D eigenvalue weighted by Gasteiger charge is 2.14. The van der Waals surface area contributed by atoms with Crippen LogP contribution >= 0.6 is 0 Å². The Morgan fingerprint density at radius 3 is 2.15 bits per heavy atom. The largest absolute Gasteiger partial charge is 0.497 e. The van der Waals surface area contributed by atoms with Gasteiger partial charge in [0.25, 0.3) is 0 Å². The van der Waals surface area contributed by atoms with Crippen LogP contribution in [0.5, 0.6) is 5.75 Å². The molecule has 2 aromatic rings. The molecule has 2 rings (SSSR count). The molecular formula is C20H23N3O4. The van der Waals surface area contributed by atoms with Gasteiger partial charge in [0.05, 0.1) is 7.11 Å². The Balaban J connectivity index is 1.97. The van der Waals surface area contributed by atoms with Crippen molar-refractivity contribution < 1.29 is 19.1 Å². The molecule has 0 heterocycles. The van der Waals surface area contributed by atoms with Gasteiger partial charge in [-0.05, 0) is 42.5 Å². The number of ether oxygens (including phenoxy) is 1. The molecule has 0 fully saturated rings. The van der Waals surface area contributed by atoms with E-state index in [1.54, 1.807) is 55.6 Å². The smallest absolute Gasteiger partial charge is 0.226 e. The van der Waals surface area contributed by atoms with Gasteiger partial charge in [-0.1, -0.05) is 6.07 Å². The van der Waals surface area contributed by atoms with Gasteiger partial charge in [-0.2, -0.15) is 0 Å². The summed E-state index contributed by atoms with van der Waals surface area (Å²) in [7, 11) is 1.57. The van der Waals surface area contributed by atoms with E-state index >= 15 is 0 Å². The van der Waals surface area contributed by atoms with Crippen molar-refractivity contribution in [3.8, 4) is 5.75 Å². The molecule has 7 heteroatoms. The molecule has 3 amide bonds. The zero-order valence-electron chi connectivity index (χ0n) is 15.6. The second-order valence-corrected chi connectivity index (χ2v) is 5.93. The predicted molar refractivity (Wildman–Crippen MR) is 105 cm³/mol. The van der Waals surface area contributed by atoms with E-state index in [0.717, 1.165) is 0 Å². The number of nitrogens with zero attached hydrogens (tertiary/aromatic N) is 1. The van der Waals surface area contributed by atoms with Crippen molar-refractivity contribution in [3.05, 3.63) is 48.5 Å². The third-order valence-electron chi connectivity index (χ3n) is 3.79. The van der Waals surface area contributed by atoms with Crippen molar-refractivity contribution in [1.29, 1.82) is 0 Å². The molecule has 0 saturated carbocycles. The van der Waals surface area contributed by atoms with Gasteiger partial charge in [-0.15, -0.1) is 0 Å². The van der Waals surface area contributed by atoms with Crippen LogP contribution in [-0.4, -0.2) is 31.4 Å². The molecule has 0 saturated heterocycles. The summed E-state index contributed by atoms with van der Waals surface area (Å²) in [4.78, 5) is 36.8. The molecule has 0 aliphatic carbocycles. The van der Waals surface area contributed by atoms with Gasteiger partial charge in [-0.25, -0.2) is 0 Å². The minimum Gasteiger partial charge on any atom is -0.497 e. The van der Waals surface area contributed by atoms with Crippen molar-refractivity contribution >= 4 is 34.8 Å². The molecule has 7 nitrogen and oxygen atoms in total. The fourth-order valence-electron chi connectivity index (χ4n) is 2.55. The Morgan fingerprint density at radius 2 is 1.59 bits per heavy atom. The predicted octanol–water partition coefficient (Wildman–Crippen LogP) is 3.04. The molecule has 0 aliphatic heterocycles. The summed E-state index contributed by atoms with van der Waals surface area (Å²) in [5, 5.41) is 5.43. The first-order valence-electron chi connectivity index (χ1n) is 8.48. The number of methoxy groups -OCH3 is 1. The SMILES string of the molecule is COc1ccc(N(CCC(=O)Nc2cccc(NC(C)=O)c2)C(C)=O)cc1. The number of rotatable bonds is 7. The maximum Gasteiger partial charge on any atom is 0.226 e. The molecule has 0 unspecified atom stereocenters. The Morgan fingerprint density at radius 1 is 0.963 bits per heavy atom. The second-order valence-electron chi connectivity index (χ2n) is 5.93.